The topological polar surface area (TPSA) is 58.0 Å². The van der Waals surface area contributed by atoms with Gasteiger partial charge in [0.2, 0.25) is 5.91 Å². The maximum Gasteiger partial charge on any atom is 0.233 e. The van der Waals surface area contributed by atoms with Crippen LogP contribution >= 0.6 is 0 Å². The third kappa shape index (κ3) is 4.37. The molecule has 1 amide bonds. The molecule has 0 unspecified atom stereocenters. The highest BCUT2D eigenvalue weighted by atomic mass is 16.5. The average molecular weight is 335 g/mol. The van der Waals surface area contributed by atoms with Gasteiger partial charge in [0.1, 0.15) is 11.5 Å². The zero-order valence-electron chi connectivity index (χ0n) is 14.8. The van der Waals surface area contributed by atoms with Gasteiger partial charge in [0, 0.05) is 32.1 Å². The summed E-state index contributed by atoms with van der Waals surface area (Å²) < 4.78 is 11.7. The van der Waals surface area contributed by atoms with Crippen LogP contribution in [-0.2, 0) is 16.1 Å². The Kier molecular flexibility index (Phi) is 5.58. The summed E-state index contributed by atoms with van der Waals surface area (Å²) in [5, 5.41) is 2.72. The monoisotopic (exact) mass is 335 g/mol. The van der Waals surface area contributed by atoms with Gasteiger partial charge >= 0.3 is 0 Å². The molecule has 3 heterocycles. The van der Waals surface area contributed by atoms with Crippen LogP contribution < -0.4 is 5.32 Å². The van der Waals surface area contributed by atoms with E-state index in [-0.39, 0.29) is 11.3 Å². The molecule has 0 aromatic carbocycles. The second-order valence-electron chi connectivity index (χ2n) is 7.26. The van der Waals surface area contributed by atoms with Gasteiger partial charge in [-0.1, -0.05) is 0 Å². The van der Waals surface area contributed by atoms with Crippen LogP contribution in [0.3, 0.4) is 0 Å². The minimum Gasteiger partial charge on any atom is -0.465 e. The molecule has 2 fully saturated rings. The normalized spacial score (nSPS) is 26.4. The van der Waals surface area contributed by atoms with E-state index in [1.807, 2.05) is 13.0 Å². The third-order valence-corrected chi connectivity index (χ3v) is 5.08. The van der Waals surface area contributed by atoms with Crippen LogP contribution in [0.5, 0.6) is 0 Å². The van der Waals surface area contributed by atoms with Gasteiger partial charge in [0.05, 0.1) is 26.3 Å². The first-order valence-corrected chi connectivity index (χ1v) is 8.87. The molecule has 1 aromatic heterocycles. The van der Waals surface area contributed by atoms with Crippen LogP contribution in [-0.4, -0.2) is 68.7 Å². The van der Waals surface area contributed by atoms with E-state index in [9.17, 15) is 4.79 Å². The van der Waals surface area contributed by atoms with Crippen LogP contribution in [0.15, 0.2) is 16.5 Å². The Labute approximate surface area is 144 Å². The summed E-state index contributed by atoms with van der Waals surface area (Å²) in [5.74, 6) is 2.07. The molecule has 2 saturated heterocycles. The number of aryl methyl sites for hydroxylation is 1. The lowest BCUT2D eigenvalue weighted by Gasteiger charge is -2.43. The van der Waals surface area contributed by atoms with Gasteiger partial charge in [-0.3, -0.25) is 14.6 Å². The minimum absolute atomic E-state index is 0.0748. The van der Waals surface area contributed by atoms with Crippen molar-refractivity contribution >= 4 is 5.91 Å². The third-order valence-electron chi connectivity index (χ3n) is 5.08. The second kappa shape index (κ2) is 7.68. The van der Waals surface area contributed by atoms with Gasteiger partial charge in [0.15, 0.2) is 0 Å². The zero-order valence-corrected chi connectivity index (χ0v) is 14.8. The Morgan fingerprint density at radius 1 is 1.29 bits per heavy atom. The van der Waals surface area contributed by atoms with E-state index in [4.69, 9.17) is 9.15 Å². The van der Waals surface area contributed by atoms with Crippen LogP contribution in [0, 0.1) is 12.3 Å². The second-order valence-corrected chi connectivity index (χ2v) is 7.26. The predicted molar refractivity (Wildman–Crippen MR) is 91.7 cm³/mol. The number of hydrogen-bond acceptors (Lipinski definition) is 5. The highest BCUT2D eigenvalue weighted by molar-refractivity contribution is 5.77. The first kappa shape index (κ1) is 17.5. The molecule has 134 valence electrons. The van der Waals surface area contributed by atoms with Crippen LogP contribution in [0.25, 0.3) is 0 Å². The molecule has 6 nitrogen and oxygen atoms in total. The number of nitrogens with one attached hydrogen (secondary N) is 1. The molecular weight excluding hydrogens is 306 g/mol. The lowest BCUT2D eigenvalue weighted by Crippen LogP contribution is -2.51. The van der Waals surface area contributed by atoms with E-state index in [2.05, 4.69) is 21.2 Å². The van der Waals surface area contributed by atoms with Gasteiger partial charge in [-0.2, -0.15) is 0 Å². The van der Waals surface area contributed by atoms with Gasteiger partial charge < -0.3 is 14.5 Å². The van der Waals surface area contributed by atoms with Crippen molar-refractivity contribution in [2.75, 3.05) is 53.0 Å². The summed E-state index contributed by atoms with van der Waals surface area (Å²) in [6.07, 6.45) is 2.32. The molecule has 24 heavy (non-hydrogen) atoms. The fraction of sp³-hybridized carbons (Fsp3) is 0.722. The van der Waals surface area contributed by atoms with Gasteiger partial charge in [-0.25, -0.2) is 0 Å². The number of amides is 1. The van der Waals surface area contributed by atoms with Crippen molar-refractivity contribution in [2.24, 2.45) is 5.41 Å². The molecule has 0 radical (unpaired) electrons. The summed E-state index contributed by atoms with van der Waals surface area (Å²) in [7, 11) is 1.69. The highest BCUT2D eigenvalue weighted by Crippen LogP contribution is 2.33. The maximum absolute atomic E-state index is 11.8. The predicted octanol–water partition coefficient (Wildman–Crippen LogP) is 1.25. The molecule has 6 heteroatoms. The molecule has 0 aliphatic carbocycles. The molecule has 2 aliphatic rings. The van der Waals surface area contributed by atoms with Gasteiger partial charge in [-0.05, 0) is 38.4 Å². The maximum atomic E-state index is 11.8. The van der Waals surface area contributed by atoms with E-state index in [0.717, 1.165) is 63.7 Å². The minimum atomic E-state index is 0.0748. The number of likely N-dealkylation sites (N-methyl/N-ethyl adjacent to an activating group) is 1. The Balaban J connectivity index is 1.64. The molecule has 1 aromatic rings. The molecule has 1 atom stereocenters. The van der Waals surface area contributed by atoms with Crippen molar-refractivity contribution in [1.29, 1.82) is 0 Å². The highest BCUT2D eigenvalue weighted by Gasteiger charge is 2.39. The van der Waals surface area contributed by atoms with E-state index in [0.29, 0.717) is 13.2 Å². The number of ether oxygens (including phenoxy) is 1. The van der Waals surface area contributed by atoms with E-state index in [1.54, 1.807) is 7.05 Å². The number of carbonyl (C=O) groups excluding carboxylic acids is 1. The summed E-state index contributed by atoms with van der Waals surface area (Å²) >= 11 is 0. The van der Waals surface area contributed by atoms with Gasteiger partial charge in [0.25, 0.3) is 0 Å². The summed E-state index contributed by atoms with van der Waals surface area (Å²) in [4.78, 5) is 16.5. The number of likely N-dealkylation sites (tertiary alicyclic amines) is 1. The number of hydrogen-bond donors (Lipinski definition) is 1. The number of nitrogens with zero attached hydrogens (tertiary/aromatic N) is 2. The Hall–Kier alpha value is -1.37. The Morgan fingerprint density at radius 3 is 2.88 bits per heavy atom. The summed E-state index contributed by atoms with van der Waals surface area (Å²) in [5.41, 5.74) is 0.115. The molecule has 3 rings (SSSR count). The van der Waals surface area contributed by atoms with Crippen LogP contribution in [0.2, 0.25) is 0 Å². The first-order chi connectivity index (χ1) is 11.6. The van der Waals surface area contributed by atoms with Crippen molar-refractivity contribution in [1.82, 2.24) is 15.1 Å². The van der Waals surface area contributed by atoms with Crippen LogP contribution in [0.4, 0.5) is 0 Å². The zero-order chi connectivity index (χ0) is 17.0. The number of rotatable bonds is 4. The Morgan fingerprint density at radius 2 is 2.12 bits per heavy atom. The Bertz CT molecular complexity index is 559. The largest absolute Gasteiger partial charge is 0.465 e. The molecule has 0 bridgehead atoms. The van der Waals surface area contributed by atoms with Crippen LogP contribution in [0.1, 0.15) is 24.4 Å². The van der Waals surface area contributed by atoms with E-state index >= 15 is 0 Å². The molecular formula is C18H29N3O3. The standard InChI is InChI=1S/C18H29N3O3/c1-15-4-5-16(24-15)10-20-7-3-6-18(12-20)13-21(8-9-23-14-18)11-17(22)19-2/h4-5H,3,6-14H2,1-2H3,(H,19,22)/t18-/m0/s1. The van der Waals surface area contributed by atoms with Crippen molar-refractivity contribution in [3.63, 3.8) is 0 Å². The summed E-state index contributed by atoms with van der Waals surface area (Å²) in [6.45, 7) is 8.62. The van der Waals surface area contributed by atoms with Crippen molar-refractivity contribution in [2.45, 2.75) is 26.3 Å². The fourth-order valence-electron chi connectivity index (χ4n) is 3.98. The van der Waals surface area contributed by atoms with E-state index < -0.39 is 0 Å². The lowest BCUT2D eigenvalue weighted by atomic mass is 9.80. The van der Waals surface area contributed by atoms with Crippen molar-refractivity contribution < 1.29 is 13.9 Å². The smallest absolute Gasteiger partial charge is 0.233 e. The molecule has 1 N–H and O–H groups in total. The first-order valence-electron chi connectivity index (χ1n) is 8.87. The molecule has 0 saturated carbocycles. The van der Waals surface area contributed by atoms with E-state index in [1.165, 1.54) is 0 Å². The van der Waals surface area contributed by atoms with Crippen molar-refractivity contribution in [3.8, 4) is 0 Å². The number of furan rings is 1. The average Bonchev–Trinajstić information content (AvgIpc) is 2.86. The van der Waals surface area contributed by atoms with Gasteiger partial charge in [-0.15, -0.1) is 0 Å². The van der Waals surface area contributed by atoms with Crippen molar-refractivity contribution in [3.05, 3.63) is 23.7 Å². The SMILES string of the molecule is CNC(=O)CN1CCOC[C@]2(CCCN(Cc3ccc(C)o3)C2)C1. The number of piperidine rings is 1. The fourth-order valence-corrected chi connectivity index (χ4v) is 3.98. The molecule has 2 aliphatic heterocycles. The lowest BCUT2D eigenvalue weighted by molar-refractivity contribution is -0.122. The summed E-state index contributed by atoms with van der Waals surface area (Å²) in [6, 6.07) is 4.09. The quantitative estimate of drug-likeness (QED) is 0.897. The number of carbonyl (C=O) groups is 1. The molecule has 1 spiro atoms.